The highest BCUT2D eigenvalue weighted by Crippen LogP contribution is 2.60. The minimum atomic E-state index is -0.0923. The highest BCUT2D eigenvalue weighted by Gasteiger charge is 2.55. The first-order chi connectivity index (χ1) is 15.8. The number of amides is 3. The molecule has 33 heavy (non-hydrogen) atoms. The third kappa shape index (κ3) is 4.52. The van der Waals surface area contributed by atoms with Crippen molar-refractivity contribution in [3.05, 3.63) is 29.8 Å². The van der Waals surface area contributed by atoms with Gasteiger partial charge in [-0.15, -0.1) is 0 Å². The van der Waals surface area contributed by atoms with E-state index >= 15 is 0 Å². The van der Waals surface area contributed by atoms with Gasteiger partial charge in [0.2, 0.25) is 11.8 Å². The van der Waals surface area contributed by atoms with Crippen molar-refractivity contribution in [1.82, 2.24) is 14.7 Å². The molecule has 4 saturated carbocycles. The van der Waals surface area contributed by atoms with Crippen LogP contribution in [-0.2, 0) is 9.59 Å². The fourth-order valence-corrected chi connectivity index (χ4v) is 7.21. The van der Waals surface area contributed by atoms with Crippen molar-refractivity contribution in [2.24, 2.45) is 23.2 Å². The van der Waals surface area contributed by atoms with Gasteiger partial charge in [-0.3, -0.25) is 19.3 Å². The maximum atomic E-state index is 13.6. The van der Waals surface area contributed by atoms with Gasteiger partial charge >= 0.3 is 0 Å². The van der Waals surface area contributed by atoms with E-state index in [1.165, 1.54) is 24.2 Å². The number of hydrogen-bond donors (Lipinski definition) is 1. The number of piperazine rings is 1. The van der Waals surface area contributed by atoms with E-state index < -0.39 is 0 Å². The van der Waals surface area contributed by atoms with Crippen LogP contribution >= 0.6 is 0 Å². The summed E-state index contributed by atoms with van der Waals surface area (Å²) in [5.74, 6) is 2.54. The highest BCUT2D eigenvalue weighted by atomic mass is 16.2. The van der Waals surface area contributed by atoms with Crippen molar-refractivity contribution < 1.29 is 14.4 Å². The predicted molar refractivity (Wildman–Crippen MR) is 127 cm³/mol. The summed E-state index contributed by atoms with van der Waals surface area (Å²) in [4.78, 5) is 44.0. The lowest BCUT2D eigenvalue weighted by Gasteiger charge is -2.57. The van der Waals surface area contributed by atoms with Gasteiger partial charge < -0.3 is 15.1 Å². The number of benzene rings is 1. The average Bonchev–Trinajstić information content (AvgIpc) is 2.77. The monoisotopic (exact) mass is 452 g/mol. The molecule has 4 bridgehead atoms. The van der Waals surface area contributed by atoms with Crippen LogP contribution in [0, 0.1) is 23.2 Å². The Labute approximate surface area is 196 Å². The van der Waals surface area contributed by atoms with Gasteiger partial charge in [-0.25, -0.2) is 0 Å². The molecule has 5 aliphatic rings. The molecule has 0 radical (unpaired) electrons. The maximum Gasteiger partial charge on any atom is 0.253 e. The Morgan fingerprint density at radius 3 is 2.15 bits per heavy atom. The second-order valence-corrected chi connectivity index (χ2v) is 11.1. The summed E-state index contributed by atoms with van der Waals surface area (Å²) in [6.45, 7) is 3.17. The third-order valence-corrected chi connectivity index (χ3v) is 8.32. The van der Waals surface area contributed by atoms with E-state index in [2.05, 4.69) is 15.1 Å². The van der Waals surface area contributed by atoms with Crippen LogP contribution in [0.2, 0.25) is 0 Å². The minimum Gasteiger partial charge on any atom is -0.345 e. The van der Waals surface area contributed by atoms with E-state index in [4.69, 9.17) is 0 Å². The van der Waals surface area contributed by atoms with E-state index in [1.807, 2.05) is 0 Å². The lowest BCUT2D eigenvalue weighted by Crippen LogP contribution is -2.58. The first-order valence-corrected chi connectivity index (χ1v) is 12.4. The Bertz CT molecular complexity index is 900. The number of hydrogen-bond acceptors (Lipinski definition) is 4. The number of nitrogens with zero attached hydrogens (tertiary/aromatic N) is 3. The zero-order valence-electron chi connectivity index (χ0n) is 19.9. The number of nitrogens with one attached hydrogen (secondary N) is 1. The molecule has 4 aliphatic carbocycles. The molecule has 0 unspecified atom stereocenters. The Kier molecular flexibility index (Phi) is 5.93. The Balaban J connectivity index is 1.12. The summed E-state index contributed by atoms with van der Waals surface area (Å²) < 4.78 is 0. The smallest absolute Gasteiger partial charge is 0.253 e. The number of anilines is 1. The minimum absolute atomic E-state index is 0.0801. The van der Waals surface area contributed by atoms with Crippen LogP contribution in [0.15, 0.2) is 24.3 Å². The van der Waals surface area contributed by atoms with Crippen LogP contribution in [0.25, 0.3) is 0 Å². The molecule has 1 aliphatic heterocycles. The molecular formula is C26H36N4O3. The molecule has 1 N–H and O–H groups in total. The summed E-state index contributed by atoms with van der Waals surface area (Å²) in [5.41, 5.74) is 1.10. The Morgan fingerprint density at radius 2 is 1.58 bits per heavy atom. The van der Waals surface area contributed by atoms with Gasteiger partial charge in [0, 0.05) is 51.5 Å². The molecule has 0 aromatic heterocycles. The van der Waals surface area contributed by atoms with Crippen LogP contribution in [0.4, 0.5) is 5.69 Å². The maximum absolute atomic E-state index is 13.6. The SMILES string of the molecule is CN(C)C(=O)c1cccc(NC(=O)CN2CCN(C(=O)C34CC5CC(CC(C5)C3)C4)CC2)c1. The quantitative estimate of drug-likeness (QED) is 0.746. The van der Waals surface area contributed by atoms with Crippen LogP contribution in [-0.4, -0.2) is 79.2 Å². The molecule has 178 valence electrons. The number of rotatable bonds is 5. The fourth-order valence-electron chi connectivity index (χ4n) is 7.21. The molecule has 7 nitrogen and oxygen atoms in total. The molecule has 1 heterocycles. The standard InChI is InChI=1S/C26H36N4O3/c1-28(2)24(32)21-4-3-5-22(13-21)27-23(31)17-29-6-8-30(9-7-29)25(33)26-14-18-10-19(15-26)12-20(11-18)16-26/h3-5,13,18-20H,6-12,14-17H2,1-2H3,(H,27,31). The van der Waals surface area contributed by atoms with Gasteiger partial charge in [0.05, 0.1) is 12.0 Å². The highest BCUT2D eigenvalue weighted by molar-refractivity contribution is 5.97. The van der Waals surface area contributed by atoms with Crippen LogP contribution in [0.5, 0.6) is 0 Å². The van der Waals surface area contributed by atoms with Crippen molar-refractivity contribution >= 4 is 23.4 Å². The third-order valence-electron chi connectivity index (χ3n) is 8.32. The topological polar surface area (TPSA) is 73.0 Å². The molecule has 5 fully saturated rings. The number of carbonyl (C=O) groups is 3. The van der Waals surface area contributed by atoms with Crippen molar-refractivity contribution in [2.45, 2.75) is 38.5 Å². The second kappa shape index (κ2) is 8.75. The molecule has 1 aromatic carbocycles. The van der Waals surface area contributed by atoms with Gasteiger partial charge in [0.1, 0.15) is 0 Å². The summed E-state index contributed by atoms with van der Waals surface area (Å²) >= 11 is 0. The summed E-state index contributed by atoms with van der Waals surface area (Å²) in [6.07, 6.45) is 7.37. The van der Waals surface area contributed by atoms with Gasteiger partial charge in [-0.2, -0.15) is 0 Å². The fraction of sp³-hybridized carbons (Fsp3) is 0.654. The zero-order valence-corrected chi connectivity index (χ0v) is 19.9. The average molecular weight is 453 g/mol. The van der Waals surface area contributed by atoms with Crippen molar-refractivity contribution in [3.8, 4) is 0 Å². The molecule has 1 saturated heterocycles. The van der Waals surface area contributed by atoms with Crippen LogP contribution < -0.4 is 5.32 Å². The largest absolute Gasteiger partial charge is 0.345 e. The van der Waals surface area contributed by atoms with Crippen LogP contribution in [0.1, 0.15) is 48.9 Å². The summed E-state index contributed by atoms with van der Waals surface area (Å²) in [5, 5.41) is 2.91. The van der Waals surface area contributed by atoms with Gasteiger partial charge in [-0.05, 0) is 74.5 Å². The summed E-state index contributed by atoms with van der Waals surface area (Å²) in [6, 6.07) is 7.04. The molecule has 7 heteroatoms. The van der Waals surface area contributed by atoms with E-state index in [-0.39, 0.29) is 17.2 Å². The first-order valence-electron chi connectivity index (χ1n) is 12.4. The first kappa shape index (κ1) is 22.4. The normalized spacial score (nSPS) is 30.8. The molecular weight excluding hydrogens is 416 g/mol. The van der Waals surface area contributed by atoms with Crippen molar-refractivity contribution in [1.29, 1.82) is 0 Å². The predicted octanol–water partition coefficient (Wildman–Crippen LogP) is 2.69. The van der Waals surface area contributed by atoms with Crippen molar-refractivity contribution in [3.63, 3.8) is 0 Å². The van der Waals surface area contributed by atoms with E-state index in [0.29, 0.717) is 36.8 Å². The molecule has 3 amide bonds. The van der Waals surface area contributed by atoms with E-state index in [1.54, 1.807) is 38.4 Å². The lowest BCUT2D eigenvalue weighted by molar-refractivity contribution is -0.159. The molecule has 0 atom stereocenters. The number of carbonyl (C=O) groups excluding carboxylic acids is 3. The molecule has 0 spiro atoms. The molecule has 6 rings (SSSR count). The van der Waals surface area contributed by atoms with Gasteiger partial charge in [0.25, 0.3) is 5.91 Å². The zero-order chi connectivity index (χ0) is 23.2. The van der Waals surface area contributed by atoms with E-state index in [9.17, 15) is 14.4 Å². The Hall–Kier alpha value is -2.41. The summed E-state index contributed by atoms with van der Waals surface area (Å²) in [7, 11) is 3.42. The van der Waals surface area contributed by atoms with Crippen LogP contribution in [0.3, 0.4) is 0 Å². The lowest BCUT2D eigenvalue weighted by atomic mass is 9.49. The van der Waals surface area contributed by atoms with Crippen molar-refractivity contribution in [2.75, 3.05) is 52.1 Å². The van der Waals surface area contributed by atoms with E-state index in [0.717, 1.165) is 50.1 Å². The van der Waals surface area contributed by atoms with Gasteiger partial charge in [-0.1, -0.05) is 6.07 Å². The Morgan fingerprint density at radius 1 is 0.970 bits per heavy atom. The van der Waals surface area contributed by atoms with Gasteiger partial charge in [0.15, 0.2) is 0 Å². The molecule has 1 aromatic rings. The second-order valence-electron chi connectivity index (χ2n) is 11.1.